The minimum Gasteiger partial charge on any atom is -0.376 e. The third-order valence-electron chi connectivity index (χ3n) is 3.36. The quantitative estimate of drug-likeness (QED) is 0.662. The Balaban J connectivity index is 1.73. The molecule has 5 heteroatoms. The third kappa shape index (κ3) is 4.51. The monoisotopic (exact) mass is 281 g/mol. The van der Waals surface area contributed by atoms with Gasteiger partial charge in [0.15, 0.2) is 5.96 Å². The molecule has 106 valence electrons. The standard InChI is InChI=1S/C14H23N3OS/c1-15-14(16-11-12-5-3-9-18-12)17(2)8-7-13-6-4-10-19-13/h4,6,10,12H,3,5,7-9,11H2,1-2H3,(H,15,16). The van der Waals surface area contributed by atoms with Gasteiger partial charge in [-0.15, -0.1) is 11.3 Å². The topological polar surface area (TPSA) is 36.9 Å². The second-order valence-corrected chi connectivity index (χ2v) is 5.85. The minimum absolute atomic E-state index is 0.349. The van der Waals surface area contributed by atoms with Crippen molar-refractivity contribution < 1.29 is 4.74 Å². The van der Waals surface area contributed by atoms with Crippen LogP contribution in [0.5, 0.6) is 0 Å². The first-order valence-electron chi connectivity index (χ1n) is 6.85. The summed E-state index contributed by atoms with van der Waals surface area (Å²) in [7, 11) is 3.91. The Morgan fingerprint density at radius 2 is 2.53 bits per heavy atom. The zero-order valence-corrected chi connectivity index (χ0v) is 12.6. The van der Waals surface area contributed by atoms with E-state index in [4.69, 9.17) is 4.74 Å². The van der Waals surface area contributed by atoms with Gasteiger partial charge in [0.1, 0.15) is 0 Å². The molecule has 0 saturated carbocycles. The molecule has 1 saturated heterocycles. The highest BCUT2D eigenvalue weighted by Crippen LogP contribution is 2.11. The lowest BCUT2D eigenvalue weighted by Gasteiger charge is -2.23. The Labute approximate surface area is 119 Å². The number of likely N-dealkylation sites (N-methyl/N-ethyl adjacent to an activating group) is 1. The summed E-state index contributed by atoms with van der Waals surface area (Å²) in [6, 6.07) is 4.28. The maximum absolute atomic E-state index is 5.61. The fourth-order valence-corrected chi connectivity index (χ4v) is 2.93. The summed E-state index contributed by atoms with van der Waals surface area (Å²) in [4.78, 5) is 7.92. The number of thiophene rings is 1. The third-order valence-corrected chi connectivity index (χ3v) is 4.30. The number of aliphatic imine (C=N–C) groups is 1. The van der Waals surface area contributed by atoms with Crippen LogP contribution < -0.4 is 5.32 Å². The van der Waals surface area contributed by atoms with Gasteiger partial charge >= 0.3 is 0 Å². The highest BCUT2D eigenvalue weighted by atomic mass is 32.1. The molecule has 2 heterocycles. The molecule has 19 heavy (non-hydrogen) atoms. The van der Waals surface area contributed by atoms with Gasteiger partial charge in [-0.2, -0.15) is 0 Å². The van der Waals surface area contributed by atoms with E-state index in [0.29, 0.717) is 6.10 Å². The van der Waals surface area contributed by atoms with E-state index in [9.17, 15) is 0 Å². The first kappa shape index (κ1) is 14.3. The minimum atomic E-state index is 0.349. The van der Waals surface area contributed by atoms with E-state index in [2.05, 4.69) is 39.8 Å². The Morgan fingerprint density at radius 1 is 1.63 bits per heavy atom. The molecule has 1 N–H and O–H groups in total. The van der Waals surface area contributed by atoms with Gasteiger partial charge in [-0.05, 0) is 30.7 Å². The van der Waals surface area contributed by atoms with Crippen molar-refractivity contribution in [2.24, 2.45) is 4.99 Å². The summed E-state index contributed by atoms with van der Waals surface area (Å²) >= 11 is 1.81. The molecule has 0 amide bonds. The van der Waals surface area contributed by atoms with E-state index in [-0.39, 0.29) is 0 Å². The molecule has 0 aromatic carbocycles. The predicted molar refractivity (Wildman–Crippen MR) is 81.0 cm³/mol. The van der Waals surface area contributed by atoms with Crippen LogP contribution in [0.25, 0.3) is 0 Å². The van der Waals surface area contributed by atoms with Crippen LogP contribution in [0.3, 0.4) is 0 Å². The van der Waals surface area contributed by atoms with Crippen LogP contribution in [0, 0.1) is 0 Å². The van der Waals surface area contributed by atoms with Crippen molar-refractivity contribution in [1.29, 1.82) is 0 Å². The van der Waals surface area contributed by atoms with Gasteiger partial charge in [-0.25, -0.2) is 0 Å². The maximum atomic E-state index is 5.61. The van der Waals surface area contributed by atoms with Crippen LogP contribution in [-0.2, 0) is 11.2 Å². The fourth-order valence-electron chi connectivity index (χ4n) is 2.23. The molecular formula is C14H23N3OS. The summed E-state index contributed by atoms with van der Waals surface area (Å²) in [6.07, 6.45) is 3.75. The second-order valence-electron chi connectivity index (χ2n) is 4.81. The second kappa shape index (κ2) is 7.50. The molecule has 1 aromatic rings. The molecular weight excluding hydrogens is 258 g/mol. The van der Waals surface area contributed by atoms with Crippen LogP contribution >= 0.6 is 11.3 Å². The highest BCUT2D eigenvalue weighted by molar-refractivity contribution is 7.09. The van der Waals surface area contributed by atoms with Crippen molar-refractivity contribution in [1.82, 2.24) is 10.2 Å². The number of nitrogens with one attached hydrogen (secondary N) is 1. The number of hydrogen-bond donors (Lipinski definition) is 1. The largest absolute Gasteiger partial charge is 0.376 e. The summed E-state index contributed by atoms with van der Waals surface area (Å²) in [5.74, 6) is 0.951. The van der Waals surface area contributed by atoms with Crippen LogP contribution in [0.15, 0.2) is 22.5 Å². The molecule has 1 fully saturated rings. The summed E-state index contributed by atoms with van der Waals surface area (Å²) in [5, 5.41) is 5.52. The molecule has 0 bridgehead atoms. The van der Waals surface area contributed by atoms with E-state index in [0.717, 1.165) is 38.5 Å². The van der Waals surface area contributed by atoms with Gasteiger partial charge in [0.05, 0.1) is 6.10 Å². The lowest BCUT2D eigenvalue weighted by atomic mass is 10.2. The Kier molecular flexibility index (Phi) is 5.66. The first-order valence-corrected chi connectivity index (χ1v) is 7.73. The molecule has 0 radical (unpaired) electrons. The average molecular weight is 281 g/mol. The van der Waals surface area contributed by atoms with Crippen molar-refractivity contribution >= 4 is 17.3 Å². The number of rotatable bonds is 5. The molecule has 1 aliphatic heterocycles. The van der Waals surface area contributed by atoms with Gasteiger partial charge in [0.25, 0.3) is 0 Å². The Bertz CT molecular complexity index is 385. The van der Waals surface area contributed by atoms with Gasteiger partial charge < -0.3 is 15.0 Å². The van der Waals surface area contributed by atoms with Crippen LogP contribution in [0.4, 0.5) is 0 Å². The van der Waals surface area contributed by atoms with Crippen LogP contribution in [0.2, 0.25) is 0 Å². The van der Waals surface area contributed by atoms with Crippen molar-refractivity contribution in [3.05, 3.63) is 22.4 Å². The first-order chi connectivity index (χ1) is 9.29. The Morgan fingerprint density at radius 3 is 3.16 bits per heavy atom. The molecule has 2 rings (SSSR count). The van der Waals surface area contributed by atoms with Gasteiger partial charge in [0, 0.05) is 38.7 Å². The molecule has 1 atom stereocenters. The summed E-state index contributed by atoms with van der Waals surface area (Å²) in [6.45, 7) is 2.74. The molecule has 0 spiro atoms. The zero-order chi connectivity index (χ0) is 13.5. The maximum Gasteiger partial charge on any atom is 0.193 e. The molecule has 1 aromatic heterocycles. The molecule has 1 aliphatic rings. The van der Waals surface area contributed by atoms with Gasteiger partial charge in [0.2, 0.25) is 0 Å². The van der Waals surface area contributed by atoms with Gasteiger partial charge in [-0.1, -0.05) is 6.07 Å². The lowest BCUT2D eigenvalue weighted by molar-refractivity contribution is 0.113. The highest BCUT2D eigenvalue weighted by Gasteiger charge is 2.16. The predicted octanol–water partition coefficient (Wildman–Crippen LogP) is 1.98. The van der Waals surface area contributed by atoms with Gasteiger partial charge in [-0.3, -0.25) is 4.99 Å². The van der Waals surface area contributed by atoms with Crippen molar-refractivity contribution in [3.63, 3.8) is 0 Å². The SMILES string of the molecule is CN=C(NCC1CCCO1)N(C)CCc1cccs1. The van der Waals surface area contributed by atoms with Crippen molar-refractivity contribution in [2.45, 2.75) is 25.4 Å². The lowest BCUT2D eigenvalue weighted by Crippen LogP contribution is -2.42. The zero-order valence-electron chi connectivity index (χ0n) is 11.8. The van der Waals surface area contributed by atoms with E-state index in [1.54, 1.807) is 0 Å². The molecule has 1 unspecified atom stereocenters. The molecule has 4 nitrogen and oxygen atoms in total. The smallest absolute Gasteiger partial charge is 0.193 e. The average Bonchev–Trinajstić information content (AvgIpc) is 3.10. The van der Waals surface area contributed by atoms with E-state index in [1.807, 2.05) is 18.4 Å². The van der Waals surface area contributed by atoms with Crippen LogP contribution in [0.1, 0.15) is 17.7 Å². The Hall–Kier alpha value is -1.07. The van der Waals surface area contributed by atoms with E-state index in [1.165, 1.54) is 11.3 Å². The molecule has 0 aliphatic carbocycles. The summed E-state index contributed by atoms with van der Waals surface area (Å²) in [5.41, 5.74) is 0. The fraction of sp³-hybridized carbons (Fsp3) is 0.643. The number of guanidine groups is 1. The van der Waals surface area contributed by atoms with Crippen molar-refractivity contribution in [3.8, 4) is 0 Å². The normalized spacial score (nSPS) is 19.7. The number of ether oxygens (including phenoxy) is 1. The van der Waals surface area contributed by atoms with Crippen LogP contribution in [-0.4, -0.2) is 50.8 Å². The van der Waals surface area contributed by atoms with Crippen molar-refractivity contribution in [2.75, 3.05) is 33.8 Å². The number of nitrogens with zero attached hydrogens (tertiary/aromatic N) is 2. The van der Waals surface area contributed by atoms with E-state index >= 15 is 0 Å². The number of hydrogen-bond acceptors (Lipinski definition) is 3. The summed E-state index contributed by atoms with van der Waals surface area (Å²) < 4.78 is 5.61. The van der Waals surface area contributed by atoms with E-state index < -0.39 is 0 Å².